The number of carbonyl (C=O) groups is 1. The summed E-state index contributed by atoms with van der Waals surface area (Å²) in [5.41, 5.74) is 8.74. The number of anilines is 2. The van der Waals surface area contributed by atoms with Crippen LogP contribution in [-0.4, -0.2) is 15.1 Å². The molecule has 7 nitrogen and oxygen atoms in total. The molecule has 0 fully saturated rings. The number of benzene rings is 3. The first-order valence-electron chi connectivity index (χ1n) is 10.00. The van der Waals surface area contributed by atoms with Gasteiger partial charge in [-0.3, -0.25) is 4.79 Å². The predicted molar refractivity (Wildman–Crippen MR) is 127 cm³/mol. The second-order valence-corrected chi connectivity index (χ2v) is 9.39. The summed E-state index contributed by atoms with van der Waals surface area (Å²) in [4.78, 5) is 17.0. The van der Waals surface area contributed by atoms with Crippen molar-refractivity contribution in [1.82, 2.24) is 4.98 Å². The molecule has 0 aliphatic carbocycles. The molecule has 0 bridgehead atoms. The summed E-state index contributed by atoms with van der Waals surface area (Å²) >= 11 is 0. The highest BCUT2D eigenvalue weighted by molar-refractivity contribution is 7.92. The van der Waals surface area contributed by atoms with Crippen LogP contribution in [-0.2, 0) is 9.73 Å². The molecule has 1 unspecified atom stereocenters. The fraction of sp³-hybridized carbons (Fsp3) is 0. The molecular weight excluding hydrogens is 453 g/mol. The number of hydrogen-bond donors (Lipinski definition) is 3. The van der Waals surface area contributed by atoms with Crippen molar-refractivity contribution in [3.63, 3.8) is 0 Å². The Morgan fingerprint density at radius 2 is 1.62 bits per heavy atom. The number of nitriles is 1. The van der Waals surface area contributed by atoms with E-state index in [9.17, 15) is 13.4 Å². The van der Waals surface area contributed by atoms with Crippen LogP contribution in [0.1, 0.15) is 16.1 Å². The molecule has 0 radical (unpaired) electrons. The maximum atomic E-state index is 13.2. The Kier molecular flexibility index (Phi) is 6.08. The Morgan fingerprint density at radius 3 is 2.24 bits per heavy atom. The molecule has 3 aromatic carbocycles. The highest BCUT2D eigenvalue weighted by atomic mass is 32.2. The molecule has 4 N–H and O–H groups in total. The fourth-order valence-corrected chi connectivity index (χ4v) is 4.48. The van der Waals surface area contributed by atoms with E-state index < -0.39 is 15.6 Å². The lowest BCUT2D eigenvalue weighted by Crippen LogP contribution is -2.13. The van der Waals surface area contributed by atoms with Gasteiger partial charge in [0.25, 0.3) is 5.91 Å². The van der Waals surface area contributed by atoms with Gasteiger partial charge in [-0.1, -0.05) is 18.2 Å². The molecular formula is C25H18FN5O2S. The molecule has 0 aliphatic rings. The second kappa shape index (κ2) is 9.13. The highest BCUT2D eigenvalue weighted by Gasteiger charge is 2.16. The maximum absolute atomic E-state index is 13.2. The van der Waals surface area contributed by atoms with Gasteiger partial charge < -0.3 is 11.1 Å². The molecule has 0 saturated carbocycles. The van der Waals surface area contributed by atoms with Crippen LogP contribution < -0.4 is 11.1 Å². The van der Waals surface area contributed by atoms with Gasteiger partial charge in [-0.25, -0.2) is 18.4 Å². The number of rotatable bonds is 5. The minimum absolute atomic E-state index is 0.161. The van der Waals surface area contributed by atoms with E-state index in [-0.39, 0.29) is 26.9 Å². The topological polar surface area (TPSA) is 133 Å². The van der Waals surface area contributed by atoms with Crippen molar-refractivity contribution in [3.05, 3.63) is 102 Å². The molecule has 34 heavy (non-hydrogen) atoms. The molecule has 0 spiro atoms. The van der Waals surface area contributed by atoms with Gasteiger partial charge in [-0.05, 0) is 71.8 Å². The number of amides is 1. The summed E-state index contributed by atoms with van der Waals surface area (Å²) in [6, 6.07) is 21.6. The third-order valence-corrected chi connectivity index (χ3v) is 6.95. The molecule has 1 heterocycles. The van der Waals surface area contributed by atoms with Gasteiger partial charge in [0.2, 0.25) is 0 Å². The van der Waals surface area contributed by atoms with Crippen molar-refractivity contribution in [1.29, 1.82) is 10.0 Å². The number of nitrogens with zero attached hydrogens (tertiary/aromatic N) is 2. The van der Waals surface area contributed by atoms with Gasteiger partial charge in [0, 0.05) is 11.8 Å². The first-order valence-corrected chi connectivity index (χ1v) is 11.6. The van der Waals surface area contributed by atoms with Crippen molar-refractivity contribution < 1.29 is 13.4 Å². The summed E-state index contributed by atoms with van der Waals surface area (Å²) < 4.78 is 34.5. The number of halogens is 1. The van der Waals surface area contributed by atoms with E-state index in [1.165, 1.54) is 54.7 Å². The summed E-state index contributed by atoms with van der Waals surface area (Å²) in [5, 5.41) is 11.6. The van der Waals surface area contributed by atoms with E-state index in [0.29, 0.717) is 11.4 Å². The van der Waals surface area contributed by atoms with Crippen molar-refractivity contribution in [2.75, 3.05) is 11.1 Å². The van der Waals surface area contributed by atoms with Crippen LogP contribution in [0.2, 0.25) is 0 Å². The number of nitrogens with two attached hydrogens (primary N) is 1. The third kappa shape index (κ3) is 4.62. The van der Waals surface area contributed by atoms with Crippen LogP contribution >= 0.6 is 0 Å². The number of pyridine rings is 1. The average molecular weight is 472 g/mol. The summed E-state index contributed by atoms with van der Waals surface area (Å²) in [6.07, 6.45) is 1.24. The van der Waals surface area contributed by atoms with Crippen LogP contribution in [0.25, 0.3) is 11.1 Å². The number of aromatic nitrogens is 1. The number of carbonyl (C=O) groups excluding carboxylic acids is 1. The normalized spacial score (nSPS) is 12.4. The fourth-order valence-electron chi connectivity index (χ4n) is 3.23. The summed E-state index contributed by atoms with van der Waals surface area (Å²) in [7, 11) is -3.36. The lowest BCUT2D eigenvalue weighted by molar-refractivity contribution is 0.102. The van der Waals surface area contributed by atoms with Crippen LogP contribution in [0.4, 0.5) is 15.8 Å². The third-order valence-electron chi connectivity index (χ3n) is 5.11. The predicted octanol–water partition coefficient (Wildman–Crippen LogP) is 5.06. The summed E-state index contributed by atoms with van der Waals surface area (Å²) in [6.45, 7) is 0. The summed E-state index contributed by atoms with van der Waals surface area (Å²) in [5.74, 6) is -0.783. The molecule has 4 rings (SSSR count). The molecule has 9 heteroatoms. The SMILES string of the molecule is N#Cc1ccc(S(=N)(=O)c2ccc(C(=O)Nc3cc(-c4ccc(F)cc4)ccc3N)cc2)cn1. The zero-order valence-corrected chi connectivity index (χ0v) is 18.5. The van der Waals surface area contributed by atoms with Crippen LogP contribution in [0.3, 0.4) is 0 Å². The number of nitrogen functional groups attached to an aromatic ring is 1. The molecule has 0 aliphatic heterocycles. The van der Waals surface area contributed by atoms with E-state index >= 15 is 0 Å². The standard InChI is InChI=1S/C25H18FN5O2S/c26-19-6-1-16(2-7-19)18-5-12-23(28)24(13-18)31-25(32)17-3-9-21(10-4-17)34(29,33)22-11-8-20(14-27)30-15-22/h1-13,15,29H,28H2,(H,31,32). The van der Waals surface area contributed by atoms with E-state index in [4.69, 9.17) is 15.8 Å². The molecule has 1 atom stereocenters. The highest BCUT2D eigenvalue weighted by Crippen LogP contribution is 2.28. The van der Waals surface area contributed by atoms with Gasteiger partial charge in [0.05, 0.1) is 21.2 Å². The Labute approximate surface area is 195 Å². The number of hydrogen-bond acceptors (Lipinski definition) is 6. The van der Waals surface area contributed by atoms with E-state index in [0.717, 1.165) is 11.1 Å². The minimum atomic E-state index is -3.36. The lowest BCUT2D eigenvalue weighted by Gasteiger charge is -2.12. The first kappa shape index (κ1) is 22.6. The minimum Gasteiger partial charge on any atom is -0.397 e. The lowest BCUT2D eigenvalue weighted by atomic mass is 10.0. The zero-order chi connectivity index (χ0) is 24.3. The van der Waals surface area contributed by atoms with Crippen molar-refractivity contribution in [2.24, 2.45) is 0 Å². The van der Waals surface area contributed by atoms with E-state index in [1.807, 2.05) is 6.07 Å². The van der Waals surface area contributed by atoms with E-state index in [1.54, 1.807) is 30.3 Å². The van der Waals surface area contributed by atoms with Gasteiger partial charge in [0.1, 0.15) is 27.3 Å². The molecule has 4 aromatic rings. The van der Waals surface area contributed by atoms with Crippen LogP contribution in [0.15, 0.2) is 94.9 Å². The first-order chi connectivity index (χ1) is 16.3. The Balaban J connectivity index is 1.55. The maximum Gasteiger partial charge on any atom is 0.255 e. The van der Waals surface area contributed by atoms with Gasteiger partial charge in [-0.2, -0.15) is 5.26 Å². The van der Waals surface area contributed by atoms with Crippen molar-refractivity contribution in [2.45, 2.75) is 9.79 Å². The van der Waals surface area contributed by atoms with Gasteiger partial charge >= 0.3 is 0 Å². The van der Waals surface area contributed by atoms with Gasteiger partial charge in [0.15, 0.2) is 0 Å². The monoisotopic (exact) mass is 471 g/mol. The number of nitrogens with one attached hydrogen (secondary N) is 2. The van der Waals surface area contributed by atoms with Crippen LogP contribution in [0, 0.1) is 21.9 Å². The average Bonchev–Trinajstić information content (AvgIpc) is 2.86. The Bertz CT molecular complexity index is 1510. The quantitative estimate of drug-likeness (QED) is 0.350. The Hall–Kier alpha value is -4.55. The smallest absolute Gasteiger partial charge is 0.255 e. The van der Waals surface area contributed by atoms with Crippen molar-refractivity contribution in [3.8, 4) is 17.2 Å². The van der Waals surface area contributed by atoms with E-state index in [2.05, 4.69) is 10.3 Å². The second-order valence-electron chi connectivity index (χ2n) is 7.33. The molecule has 1 aromatic heterocycles. The van der Waals surface area contributed by atoms with Crippen molar-refractivity contribution >= 4 is 27.0 Å². The van der Waals surface area contributed by atoms with Crippen LogP contribution in [0.5, 0.6) is 0 Å². The largest absolute Gasteiger partial charge is 0.397 e. The Morgan fingerprint density at radius 1 is 0.971 bits per heavy atom. The molecule has 168 valence electrons. The zero-order valence-electron chi connectivity index (χ0n) is 17.7. The molecule has 1 amide bonds. The van der Waals surface area contributed by atoms with Gasteiger partial charge in [-0.15, -0.1) is 0 Å². The molecule has 0 saturated heterocycles.